The van der Waals surface area contributed by atoms with E-state index in [1.807, 2.05) is 0 Å². The van der Waals surface area contributed by atoms with Crippen molar-refractivity contribution in [3.8, 4) is 11.5 Å². The molecule has 0 saturated carbocycles. The number of halogens is 1. The number of sulfonamides is 1. The lowest BCUT2D eigenvalue weighted by Crippen LogP contribution is -2.30. The molecule has 1 aliphatic heterocycles. The van der Waals surface area contributed by atoms with Crippen LogP contribution < -0.4 is 15.2 Å². The molecule has 1 fully saturated rings. The second-order valence-electron chi connectivity index (χ2n) is 4.75. The zero-order valence-corrected chi connectivity index (χ0v) is 13.7. The van der Waals surface area contributed by atoms with Crippen LogP contribution in [0.2, 0.25) is 0 Å². The van der Waals surface area contributed by atoms with Crippen LogP contribution in [-0.2, 0) is 10.0 Å². The summed E-state index contributed by atoms with van der Waals surface area (Å²) in [5.41, 5.74) is 5.62. The minimum absolute atomic E-state index is 0. The van der Waals surface area contributed by atoms with Gasteiger partial charge in [0.15, 0.2) is 4.90 Å². The number of ether oxygens (including phenoxy) is 2. The van der Waals surface area contributed by atoms with Crippen molar-refractivity contribution in [2.24, 2.45) is 11.7 Å². The fourth-order valence-electron chi connectivity index (χ4n) is 2.41. The molecule has 1 aromatic carbocycles. The van der Waals surface area contributed by atoms with Gasteiger partial charge in [-0.25, -0.2) is 8.42 Å². The molecule has 1 aliphatic rings. The fourth-order valence-corrected chi connectivity index (χ4v) is 4.23. The summed E-state index contributed by atoms with van der Waals surface area (Å²) in [5, 5.41) is 0. The molecular formula is C13H21ClN2O4S. The van der Waals surface area contributed by atoms with Crippen molar-refractivity contribution in [3.05, 3.63) is 18.2 Å². The molecule has 1 saturated heterocycles. The Labute approximate surface area is 131 Å². The Morgan fingerprint density at radius 2 is 1.86 bits per heavy atom. The second-order valence-corrected chi connectivity index (χ2v) is 6.62. The van der Waals surface area contributed by atoms with Crippen LogP contribution in [0.4, 0.5) is 0 Å². The molecule has 1 atom stereocenters. The summed E-state index contributed by atoms with van der Waals surface area (Å²) in [6.07, 6.45) is 0.785. The molecule has 2 rings (SSSR count). The van der Waals surface area contributed by atoms with Crippen molar-refractivity contribution in [1.82, 2.24) is 4.31 Å². The maximum Gasteiger partial charge on any atom is 0.250 e. The van der Waals surface area contributed by atoms with Crippen LogP contribution in [0, 0.1) is 5.92 Å². The summed E-state index contributed by atoms with van der Waals surface area (Å²) >= 11 is 0. The minimum Gasteiger partial charge on any atom is -0.495 e. The van der Waals surface area contributed by atoms with Gasteiger partial charge in [0.2, 0.25) is 10.0 Å². The van der Waals surface area contributed by atoms with Crippen molar-refractivity contribution in [2.75, 3.05) is 33.9 Å². The highest BCUT2D eigenvalue weighted by atomic mass is 35.5. The van der Waals surface area contributed by atoms with Crippen LogP contribution in [0.3, 0.4) is 0 Å². The van der Waals surface area contributed by atoms with Crippen LogP contribution in [-0.4, -0.2) is 46.6 Å². The Balaban J connectivity index is 0.00000220. The predicted molar refractivity (Wildman–Crippen MR) is 82.7 cm³/mol. The van der Waals surface area contributed by atoms with E-state index in [-0.39, 0.29) is 23.2 Å². The van der Waals surface area contributed by atoms with Gasteiger partial charge in [0.1, 0.15) is 11.5 Å². The lowest BCUT2D eigenvalue weighted by Gasteiger charge is -2.20. The number of rotatable bonds is 5. The van der Waals surface area contributed by atoms with Crippen LogP contribution in [0.15, 0.2) is 23.1 Å². The predicted octanol–water partition coefficient (Wildman–Crippen LogP) is 1.09. The monoisotopic (exact) mass is 336 g/mol. The molecule has 0 radical (unpaired) electrons. The van der Waals surface area contributed by atoms with Crippen molar-refractivity contribution in [2.45, 2.75) is 11.3 Å². The third-order valence-electron chi connectivity index (χ3n) is 3.56. The molecule has 2 N–H and O–H groups in total. The van der Waals surface area contributed by atoms with Gasteiger partial charge in [0.25, 0.3) is 0 Å². The standard InChI is InChI=1S/C13H20N2O4S.ClH/c1-18-11-4-3-5-12(19-2)13(11)20(16,17)15-7-6-10(8-14)9-15;/h3-5,10H,6-9,14H2,1-2H3;1H. The normalized spacial score (nSPS) is 19.1. The van der Waals surface area contributed by atoms with E-state index in [1.54, 1.807) is 18.2 Å². The first-order chi connectivity index (χ1) is 9.54. The van der Waals surface area contributed by atoms with Gasteiger partial charge < -0.3 is 15.2 Å². The molecule has 120 valence electrons. The molecule has 0 aromatic heterocycles. The van der Waals surface area contributed by atoms with Gasteiger partial charge in [-0.1, -0.05) is 6.07 Å². The van der Waals surface area contributed by atoms with Crippen molar-refractivity contribution < 1.29 is 17.9 Å². The lowest BCUT2D eigenvalue weighted by molar-refractivity contribution is 0.367. The van der Waals surface area contributed by atoms with Crippen molar-refractivity contribution in [1.29, 1.82) is 0 Å². The summed E-state index contributed by atoms with van der Waals surface area (Å²) in [7, 11) is -0.750. The van der Waals surface area contributed by atoms with E-state index >= 15 is 0 Å². The Kier molecular flexibility index (Phi) is 6.27. The van der Waals surface area contributed by atoms with Gasteiger partial charge in [-0.05, 0) is 31.0 Å². The molecule has 0 aliphatic carbocycles. The number of methoxy groups -OCH3 is 2. The number of hydrogen-bond donors (Lipinski definition) is 1. The third-order valence-corrected chi connectivity index (χ3v) is 5.49. The maximum absolute atomic E-state index is 12.8. The first kappa shape index (κ1) is 18.0. The van der Waals surface area contributed by atoms with E-state index in [2.05, 4.69) is 0 Å². The first-order valence-electron chi connectivity index (χ1n) is 6.45. The summed E-state index contributed by atoms with van der Waals surface area (Å²) in [6.45, 7) is 1.42. The Morgan fingerprint density at radius 1 is 1.29 bits per heavy atom. The number of nitrogens with two attached hydrogens (primary N) is 1. The highest BCUT2D eigenvalue weighted by Gasteiger charge is 2.35. The van der Waals surface area contributed by atoms with Crippen LogP contribution >= 0.6 is 12.4 Å². The maximum atomic E-state index is 12.8. The van der Waals surface area contributed by atoms with Gasteiger partial charge in [0, 0.05) is 13.1 Å². The van der Waals surface area contributed by atoms with E-state index in [0.717, 1.165) is 6.42 Å². The van der Waals surface area contributed by atoms with Crippen molar-refractivity contribution in [3.63, 3.8) is 0 Å². The SMILES string of the molecule is COc1cccc(OC)c1S(=O)(=O)N1CCC(CN)C1.Cl. The fraction of sp³-hybridized carbons (Fsp3) is 0.538. The quantitative estimate of drug-likeness (QED) is 0.870. The lowest BCUT2D eigenvalue weighted by atomic mass is 10.1. The molecule has 0 amide bonds. The molecule has 6 nitrogen and oxygen atoms in total. The van der Waals surface area contributed by atoms with E-state index in [1.165, 1.54) is 18.5 Å². The average Bonchev–Trinajstić information content (AvgIpc) is 2.95. The van der Waals surface area contributed by atoms with E-state index in [9.17, 15) is 8.42 Å². The average molecular weight is 337 g/mol. The van der Waals surface area contributed by atoms with Gasteiger partial charge >= 0.3 is 0 Å². The smallest absolute Gasteiger partial charge is 0.250 e. The first-order valence-corrected chi connectivity index (χ1v) is 7.89. The van der Waals surface area contributed by atoms with E-state index in [4.69, 9.17) is 15.2 Å². The molecule has 0 spiro atoms. The molecule has 8 heteroatoms. The highest BCUT2D eigenvalue weighted by molar-refractivity contribution is 7.89. The third kappa shape index (κ3) is 3.42. The largest absolute Gasteiger partial charge is 0.495 e. The number of nitrogens with zero attached hydrogens (tertiary/aromatic N) is 1. The minimum atomic E-state index is -3.64. The Morgan fingerprint density at radius 3 is 2.29 bits per heavy atom. The van der Waals surface area contributed by atoms with Gasteiger partial charge in [-0.15, -0.1) is 12.4 Å². The zero-order valence-electron chi connectivity index (χ0n) is 12.1. The Hall–Kier alpha value is -1.02. The molecule has 1 heterocycles. The van der Waals surface area contributed by atoms with Gasteiger partial charge in [-0.3, -0.25) is 0 Å². The summed E-state index contributed by atoms with van der Waals surface area (Å²) in [5.74, 6) is 0.798. The van der Waals surface area contributed by atoms with E-state index in [0.29, 0.717) is 31.1 Å². The van der Waals surface area contributed by atoms with Gasteiger partial charge in [-0.2, -0.15) is 4.31 Å². The molecule has 21 heavy (non-hydrogen) atoms. The van der Waals surface area contributed by atoms with Gasteiger partial charge in [0.05, 0.1) is 14.2 Å². The summed E-state index contributed by atoms with van der Waals surface area (Å²) in [6, 6.07) is 4.93. The zero-order chi connectivity index (χ0) is 14.8. The second kappa shape index (κ2) is 7.31. The van der Waals surface area contributed by atoms with Crippen LogP contribution in [0.1, 0.15) is 6.42 Å². The molecule has 0 bridgehead atoms. The Bertz CT molecular complexity index is 557. The van der Waals surface area contributed by atoms with E-state index < -0.39 is 10.0 Å². The highest BCUT2D eigenvalue weighted by Crippen LogP contribution is 2.36. The van der Waals surface area contributed by atoms with Crippen LogP contribution in [0.5, 0.6) is 11.5 Å². The molecular weight excluding hydrogens is 316 g/mol. The number of hydrogen-bond acceptors (Lipinski definition) is 5. The number of benzene rings is 1. The van der Waals surface area contributed by atoms with Crippen molar-refractivity contribution >= 4 is 22.4 Å². The summed E-state index contributed by atoms with van der Waals surface area (Å²) in [4.78, 5) is 0.0858. The molecule has 1 unspecified atom stereocenters. The van der Waals surface area contributed by atoms with Crippen LogP contribution in [0.25, 0.3) is 0 Å². The molecule has 1 aromatic rings. The topological polar surface area (TPSA) is 81.9 Å². The summed E-state index contributed by atoms with van der Waals surface area (Å²) < 4.78 is 37.4.